The van der Waals surface area contributed by atoms with Gasteiger partial charge in [-0.3, -0.25) is 0 Å². The molecule has 1 aromatic carbocycles. The highest BCUT2D eigenvalue weighted by molar-refractivity contribution is 6.30. The Bertz CT molecular complexity index is 325. The Kier molecular flexibility index (Phi) is 4.11. The topological polar surface area (TPSA) is 26.0 Å². The van der Waals surface area contributed by atoms with Crippen molar-refractivity contribution in [1.82, 2.24) is 0 Å². The zero-order valence-electron chi connectivity index (χ0n) is 7.84. The molecule has 0 saturated heterocycles. The molecule has 0 amide bonds. The molecule has 3 heteroatoms. The first-order valence-electron chi connectivity index (χ1n) is 4.46. The van der Waals surface area contributed by atoms with Crippen molar-refractivity contribution in [3.05, 3.63) is 47.3 Å². The smallest absolute Gasteiger partial charge is 0.129 e. The fraction of sp³-hybridized carbons (Fsp3) is 0.273. The first kappa shape index (κ1) is 11.2. The summed E-state index contributed by atoms with van der Waals surface area (Å²) in [5, 5.41) is 0.391. The molecule has 0 aliphatic heterocycles. The minimum atomic E-state index is -0.339. The summed E-state index contributed by atoms with van der Waals surface area (Å²) < 4.78 is 13.3. The van der Waals surface area contributed by atoms with E-state index in [4.69, 9.17) is 17.3 Å². The van der Waals surface area contributed by atoms with Gasteiger partial charge in [-0.25, -0.2) is 4.39 Å². The summed E-state index contributed by atoms with van der Waals surface area (Å²) in [5.41, 5.74) is 6.31. The van der Waals surface area contributed by atoms with Gasteiger partial charge in [0.2, 0.25) is 0 Å². The molecule has 0 spiro atoms. The molecule has 0 unspecified atom stereocenters. The monoisotopic (exact) mass is 213 g/mol. The largest absolute Gasteiger partial charge is 0.324 e. The van der Waals surface area contributed by atoms with Crippen LogP contribution < -0.4 is 5.73 Å². The second-order valence-corrected chi connectivity index (χ2v) is 3.57. The molecule has 0 radical (unpaired) electrons. The molecule has 0 heterocycles. The lowest BCUT2D eigenvalue weighted by Crippen LogP contribution is -2.11. The lowest BCUT2D eigenvalue weighted by Gasteiger charge is -2.11. The van der Waals surface area contributed by atoms with E-state index < -0.39 is 0 Å². The number of halogens is 2. The maximum atomic E-state index is 13.3. The van der Waals surface area contributed by atoms with Gasteiger partial charge in [0.25, 0.3) is 0 Å². The highest BCUT2D eigenvalue weighted by Crippen LogP contribution is 2.22. The van der Waals surface area contributed by atoms with Crippen molar-refractivity contribution in [2.24, 2.45) is 5.73 Å². The summed E-state index contributed by atoms with van der Waals surface area (Å²) in [6, 6.07) is 4.27. The Morgan fingerprint density at radius 2 is 2.29 bits per heavy atom. The lowest BCUT2D eigenvalue weighted by atomic mass is 10.0. The average Bonchev–Trinajstić information content (AvgIpc) is 2.14. The van der Waals surface area contributed by atoms with Gasteiger partial charge in [0.05, 0.1) is 0 Å². The Hall–Kier alpha value is -0.860. The molecule has 1 nitrogen and oxygen atoms in total. The van der Waals surface area contributed by atoms with Crippen LogP contribution in [0.25, 0.3) is 0 Å². The molecule has 0 fully saturated rings. The van der Waals surface area contributed by atoms with Gasteiger partial charge in [-0.2, -0.15) is 0 Å². The average molecular weight is 214 g/mol. The van der Waals surface area contributed by atoms with Crippen LogP contribution in [0.5, 0.6) is 0 Å². The van der Waals surface area contributed by atoms with Gasteiger partial charge in [0.1, 0.15) is 5.82 Å². The van der Waals surface area contributed by atoms with Crippen LogP contribution >= 0.6 is 11.6 Å². The molecule has 0 bridgehead atoms. The number of hydrogen-bond acceptors (Lipinski definition) is 1. The number of nitrogens with two attached hydrogens (primary N) is 1. The predicted molar refractivity (Wildman–Crippen MR) is 57.8 cm³/mol. The zero-order valence-corrected chi connectivity index (χ0v) is 8.60. The van der Waals surface area contributed by atoms with E-state index in [1.165, 1.54) is 6.07 Å². The fourth-order valence-electron chi connectivity index (χ4n) is 1.26. The van der Waals surface area contributed by atoms with E-state index in [1.807, 2.05) is 0 Å². The van der Waals surface area contributed by atoms with E-state index in [1.54, 1.807) is 18.2 Å². The van der Waals surface area contributed by atoms with Gasteiger partial charge in [-0.1, -0.05) is 23.7 Å². The Morgan fingerprint density at radius 3 is 2.86 bits per heavy atom. The summed E-state index contributed by atoms with van der Waals surface area (Å²) in [5.74, 6) is -0.339. The van der Waals surface area contributed by atoms with Crippen molar-refractivity contribution in [2.45, 2.75) is 18.9 Å². The highest BCUT2D eigenvalue weighted by atomic mass is 35.5. The number of benzene rings is 1. The second kappa shape index (κ2) is 5.13. The van der Waals surface area contributed by atoms with Crippen LogP contribution in [0.15, 0.2) is 30.9 Å². The van der Waals surface area contributed by atoms with E-state index in [2.05, 4.69) is 6.58 Å². The Morgan fingerprint density at radius 1 is 1.57 bits per heavy atom. The van der Waals surface area contributed by atoms with E-state index in [9.17, 15) is 4.39 Å². The molecular formula is C11H13ClFN. The number of hydrogen-bond donors (Lipinski definition) is 1. The molecule has 76 valence electrons. The third kappa shape index (κ3) is 2.82. The highest BCUT2D eigenvalue weighted by Gasteiger charge is 2.10. The van der Waals surface area contributed by atoms with E-state index >= 15 is 0 Å². The standard InChI is InChI=1S/C11H13ClFN/c1-2-3-4-11(14)9-6-5-8(12)7-10(9)13/h2,5-7,11H,1,3-4,14H2/t11-/m0/s1. The quantitative estimate of drug-likeness (QED) is 0.762. The third-order valence-electron chi connectivity index (χ3n) is 2.04. The molecule has 1 aromatic rings. The van der Waals surface area contributed by atoms with Gasteiger partial charge in [0.15, 0.2) is 0 Å². The molecule has 0 aliphatic rings. The molecule has 0 saturated carbocycles. The van der Waals surface area contributed by atoms with Crippen LogP contribution in [-0.4, -0.2) is 0 Å². The van der Waals surface area contributed by atoms with E-state index in [0.29, 0.717) is 17.0 Å². The van der Waals surface area contributed by atoms with Crippen molar-refractivity contribution in [3.8, 4) is 0 Å². The molecule has 2 N–H and O–H groups in total. The SMILES string of the molecule is C=CCC[C@H](N)c1ccc(Cl)cc1F. The van der Waals surface area contributed by atoms with Gasteiger partial charge in [-0.15, -0.1) is 6.58 Å². The van der Waals surface area contributed by atoms with Crippen molar-refractivity contribution in [2.75, 3.05) is 0 Å². The van der Waals surface area contributed by atoms with Crippen molar-refractivity contribution in [3.63, 3.8) is 0 Å². The molecule has 0 aliphatic carbocycles. The summed E-state index contributed by atoms with van der Waals surface area (Å²) >= 11 is 5.63. The zero-order chi connectivity index (χ0) is 10.6. The predicted octanol–water partition coefficient (Wildman–Crippen LogP) is 3.45. The third-order valence-corrected chi connectivity index (χ3v) is 2.28. The van der Waals surface area contributed by atoms with Crippen LogP contribution in [0.2, 0.25) is 5.02 Å². The molecule has 1 rings (SSSR count). The maximum absolute atomic E-state index is 13.3. The van der Waals surface area contributed by atoms with Gasteiger partial charge in [-0.05, 0) is 25.0 Å². The first-order chi connectivity index (χ1) is 6.65. The van der Waals surface area contributed by atoms with Gasteiger partial charge >= 0.3 is 0 Å². The molecule has 14 heavy (non-hydrogen) atoms. The van der Waals surface area contributed by atoms with Crippen molar-refractivity contribution in [1.29, 1.82) is 0 Å². The van der Waals surface area contributed by atoms with Gasteiger partial charge < -0.3 is 5.73 Å². The van der Waals surface area contributed by atoms with Crippen molar-refractivity contribution < 1.29 is 4.39 Å². The Balaban J connectivity index is 2.78. The second-order valence-electron chi connectivity index (χ2n) is 3.14. The minimum Gasteiger partial charge on any atom is -0.324 e. The van der Waals surface area contributed by atoms with Crippen LogP contribution in [0.3, 0.4) is 0 Å². The van der Waals surface area contributed by atoms with E-state index in [0.717, 1.165) is 6.42 Å². The minimum absolute atomic E-state index is 0.287. The van der Waals surface area contributed by atoms with Crippen LogP contribution in [0.1, 0.15) is 24.4 Å². The molecular weight excluding hydrogens is 201 g/mol. The summed E-state index contributed by atoms with van der Waals surface area (Å²) in [6.07, 6.45) is 3.25. The molecule has 0 aromatic heterocycles. The van der Waals surface area contributed by atoms with Gasteiger partial charge in [0, 0.05) is 16.6 Å². The van der Waals surface area contributed by atoms with Crippen molar-refractivity contribution >= 4 is 11.6 Å². The number of rotatable bonds is 4. The van der Waals surface area contributed by atoms with E-state index in [-0.39, 0.29) is 11.9 Å². The van der Waals surface area contributed by atoms with Crippen LogP contribution in [-0.2, 0) is 0 Å². The number of allylic oxidation sites excluding steroid dienone is 1. The summed E-state index contributed by atoms with van der Waals surface area (Å²) in [6.45, 7) is 3.59. The van der Waals surface area contributed by atoms with Crippen LogP contribution in [0, 0.1) is 5.82 Å². The lowest BCUT2D eigenvalue weighted by molar-refractivity contribution is 0.566. The molecule has 1 atom stereocenters. The summed E-state index contributed by atoms with van der Waals surface area (Å²) in [7, 11) is 0. The maximum Gasteiger partial charge on any atom is 0.129 e. The normalized spacial score (nSPS) is 12.5. The van der Waals surface area contributed by atoms with Crippen LogP contribution in [0.4, 0.5) is 4.39 Å². The first-order valence-corrected chi connectivity index (χ1v) is 4.84. The fourth-order valence-corrected chi connectivity index (χ4v) is 1.41. The summed E-state index contributed by atoms with van der Waals surface area (Å²) in [4.78, 5) is 0. The Labute approximate surface area is 88.4 Å².